The van der Waals surface area contributed by atoms with Gasteiger partial charge in [-0.3, -0.25) is 0 Å². The van der Waals surface area contributed by atoms with Gasteiger partial charge in [0, 0.05) is 7.11 Å². The molecule has 15 heavy (non-hydrogen) atoms. The van der Waals surface area contributed by atoms with E-state index in [1.165, 1.54) is 0 Å². The summed E-state index contributed by atoms with van der Waals surface area (Å²) < 4.78 is 11.2. The summed E-state index contributed by atoms with van der Waals surface area (Å²) in [5.41, 5.74) is 0. The Labute approximate surface area is 92.2 Å². The van der Waals surface area contributed by atoms with Crippen LogP contribution < -0.4 is 4.74 Å². The first-order chi connectivity index (χ1) is 7.15. The lowest BCUT2D eigenvalue weighted by molar-refractivity contribution is -0.0170. The van der Waals surface area contributed by atoms with Crippen LogP contribution >= 0.6 is 0 Å². The Bertz CT molecular complexity index is 269. The van der Waals surface area contributed by atoms with Gasteiger partial charge >= 0.3 is 0 Å². The molecule has 0 spiro atoms. The summed E-state index contributed by atoms with van der Waals surface area (Å²) in [7, 11) is 1.73. The van der Waals surface area contributed by atoms with Crippen molar-refractivity contribution in [3.05, 3.63) is 30.3 Å². The first kappa shape index (κ1) is 12.1. The molecule has 2 nitrogen and oxygen atoms in total. The van der Waals surface area contributed by atoms with Gasteiger partial charge in [0.25, 0.3) is 0 Å². The Kier molecular flexibility index (Phi) is 4.63. The van der Waals surface area contributed by atoms with E-state index in [0.717, 1.165) is 5.75 Å². The molecule has 2 heteroatoms. The fourth-order valence-corrected chi connectivity index (χ4v) is 1.79. The number of benzene rings is 1. The van der Waals surface area contributed by atoms with E-state index in [-0.39, 0.29) is 12.2 Å². The molecule has 1 rings (SSSR count). The molecule has 2 atom stereocenters. The summed E-state index contributed by atoms with van der Waals surface area (Å²) in [6.07, 6.45) is 0.197. The first-order valence-corrected chi connectivity index (χ1v) is 5.39. The lowest BCUT2D eigenvalue weighted by Crippen LogP contribution is -2.34. The normalized spacial score (nSPS) is 15.0. The molecule has 0 N–H and O–H groups in total. The van der Waals surface area contributed by atoms with Gasteiger partial charge < -0.3 is 9.47 Å². The average Bonchev–Trinajstić information content (AvgIpc) is 2.19. The highest BCUT2D eigenvalue weighted by Crippen LogP contribution is 2.17. The number of para-hydroxylation sites is 1. The van der Waals surface area contributed by atoms with Crippen LogP contribution in [-0.2, 0) is 4.74 Å². The number of methoxy groups -OCH3 is 1. The average molecular weight is 208 g/mol. The molecule has 1 aromatic rings. The highest BCUT2D eigenvalue weighted by atomic mass is 16.5. The smallest absolute Gasteiger partial charge is 0.122 e. The fraction of sp³-hybridized carbons (Fsp3) is 0.538. The van der Waals surface area contributed by atoms with Crippen LogP contribution in [0, 0.1) is 5.92 Å². The van der Waals surface area contributed by atoms with E-state index in [1.54, 1.807) is 7.11 Å². The molecule has 0 fully saturated rings. The third-order valence-electron chi connectivity index (χ3n) is 2.46. The second kappa shape index (κ2) is 5.76. The number of hydrogen-bond acceptors (Lipinski definition) is 2. The maximum absolute atomic E-state index is 5.80. The van der Waals surface area contributed by atoms with E-state index in [1.807, 2.05) is 37.3 Å². The molecular weight excluding hydrogens is 188 g/mol. The second-order valence-electron chi connectivity index (χ2n) is 4.08. The number of rotatable bonds is 5. The van der Waals surface area contributed by atoms with Gasteiger partial charge in [-0.05, 0) is 25.0 Å². The molecule has 0 unspecified atom stereocenters. The maximum atomic E-state index is 5.80. The van der Waals surface area contributed by atoms with Gasteiger partial charge in [-0.2, -0.15) is 0 Å². The highest BCUT2D eigenvalue weighted by molar-refractivity contribution is 5.21. The Morgan fingerprint density at radius 3 is 2.07 bits per heavy atom. The summed E-state index contributed by atoms with van der Waals surface area (Å²) in [5.74, 6) is 1.35. The zero-order chi connectivity index (χ0) is 11.3. The molecular formula is C13H20O2. The van der Waals surface area contributed by atoms with Gasteiger partial charge in [0.1, 0.15) is 11.9 Å². The van der Waals surface area contributed by atoms with Crippen LogP contribution in [0.25, 0.3) is 0 Å². The van der Waals surface area contributed by atoms with Crippen molar-refractivity contribution in [3.63, 3.8) is 0 Å². The molecule has 0 aliphatic rings. The van der Waals surface area contributed by atoms with E-state index < -0.39 is 0 Å². The molecule has 84 valence electrons. The Morgan fingerprint density at radius 2 is 1.60 bits per heavy atom. The van der Waals surface area contributed by atoms with Gasteiger partial charge in [0.05, 0.1) is 6.10 Å². The molecule has 0 amide bonds. The van der Waals surface area contributed by atoms with Crippen LogP contribution in [0.15, 0.2) is 30.3 Å². The van der Waals surface area contributed by atoms with Crippen LogP contribution in [0.2, 0.25) is 0 Å². The Morgan fingerprint density at radius 1 is 1.00 bits per heavy atom. The molecule has 0 saturated carbocycles. The second-order valence-corrected chi connectivity index (χ2v) is 4.08. The van der Waals surface area contributed by atoms with Crippen LogP contribution in [-0.4, -0.2) is 19.3 Å². The molecule has 0 radical (unpaired) electrons. The summed E-state index contributed by atoms with van der Waals surface area (Å²) >= 11 is 0. The molecule has 0 aliphatic carbocycles. The van der Waals surface area contributed by atoms with Crippen molar-refractivity contribution in [2.24, 2.45) is 5.92 Å². The zero-order valence-electron chi connectivity index (χ0n) is 9.94. The SMILES string of the molecule is CO[C@@H](C(C)C)[C@H](C)Oc1ccccc1. The van der Waals surface area contributed by atoms with Crippen molar-refractivity contribution < 1.29 is 9.47 Å². The molecule has 0 saturated heterocycles. The van der Waals surface area contributed by atoms with Gasteiger partial charge in [-0.1, -0.05) is 32.0 Å². The number of ether oxygens (including phenoxy) is 2. The lowest BCUT2D eigenvalue weighted by Gasteiger charge is -2.26. The van der Waals surface area contributed by atoms with Gasteiger partial charge in [0.15, 0.2) is 0 Å². The topological polar surface area (TPSA) is 18.5 Å². The van der Waals surface area contributed by atoms with E-state index in [2.05, 4.69) is 13.8 Å². The summed E-state index contributed by atoms with van der Waals surface area (Å²) in [4.78, 5) is 0. The van der Waals surface area contributed by atoms with Crippen LogP contribution in [0.3, 0.4) is 0 Å². The molecule has 0 aromatic heterocycles. The zero-order valence-corrected chi connectivity index (χ0v) is 9.94. The Balaban J connectivity index is 2.58. The molecule has 0 bridgehead atoms. The molecule has 1 aromatic carbocycles. The molecule has 0 heterocycles. The van der Waals surface area contributed by atoms with Crippen molar-refractivity contribution in [3.8, 4) is 5.75 Å². The van der Waals surface area contributed by atoms with E-state index >= 15 is 0 Å². The van der Waals surface area contributed by atoms with Gasteiger partial charge in [0.2, 0.25) is 0 Å². The standard InChI is InChI=1S/C13H20O2/c1-10(2)13(14-4)11(3)15-12-8-6-5-7-9-12/h5-11,13H,1-4H3/t11-,13-/m0/s1. The highest BCUT2D eigenvalue weighted by Gasteiger charge is 2.21. The van der Waals surface area contributed by atoms with Crippen LogP contribution in [0.1, 0.15) is 20.8 Å². The first-order valence-electron chi connectivity index (χ1n) is 5.39. The predicted molar refractivity (Wildman–Crippen MR) is 62.2 cm³/mol. The van der Waals surface area contributed by atoms with Gasteiger partial charge in [-0.15, -0.1) is 0 Å². The van der Waals surface area contributed by atoms with Gasteiger partial charge in [-0.25, -0.2) is 0 Å². The van der Waals surface area contributed by atoms with E-state index in [0.29, 0.717) is 5.92 Å². The van der Waals surface area contributed by atoms with Crippen molar-refractivity contribution in [2.45, 2.75) is 33.0 Å². The van der Waals surface area contributed by atoms with Crippen molar-refractivity contribution in [1.82, 2.24) is 0 Å². The quantitative estimate of drug-likeness (QED) is 0.740. The van der Waals surface area contributed by atoms with Crippen molar-refractivity contribution in [1.29, 1.82) is 0 Å². The van der Waals surface area contributed by atoms with Crippen LogP contribution in [0.5, 0.6) is 5.75 Å². The third kappa shape index (κ3) is 3.56. The number of hydrogen-bond donors (Lipinski definition) is 0. The summed E-state index contributed by atoms with van der Waals surface area (Å²) in [5, 5.41) is 0. The Hall–Kier alpha value is -1.02. The predicted octanol–water partition coefficient (Wildman–Crippen LogP) is 3.12. The fourth-order valence-electron chi connectivity index (χ4n) is 1.79. The lowest BCUT2D eigenvalue weighted by atomic mass is 10.0. The van der Waals surface area contributed by atoms with E-state index in [4.69, 9.17) is 9.47 Å². The van der Waals surface area contributed by atoms with Crippen molar-refractivity contribution >= 4 is 0 Å². The van der Waals surface area contributed by atoms with Crippen LogP contribution in [0.4, 0.5) is 0 Å². The third-order valence-corrected chi connectivity index (χ3v) is 2.46. The largest absolute Gasteiger partial charge is 0.488 e. The minimum absolute atomic E-state index is 0.0670. The minimum Gasteiger partial charge on any atom is -0.488 e. The summed E-state index contributed by atoms with van der Waals surface area (Å²) in [6, 6.07) is 9.85. The summed E-state index contributed by atoms with van der Waals surface area (Å²) in [6.45, 7) is 6.32. The monoisotopic (exact) mass is 208 g/mol. The van der Waals surface area contributed by atoms with E-state index in [9.17, 15) is 0 Å². The van der Waals surface area contributed by atoms with Crippen molar-refractivity contribution in [2.75, 3.05) is 7.11 Å². The maximum Gasteiger partial charge on any atom is 0.122 e. The molecule has 0 aliphatic heterocycles. The minimum atomic E-state index is 0.0670.